The number of thioether (sulfide) groups is 1. The van der Waals surface area contributed by atoms with Gasteiger partial charge in [-0.15, -0.1) is 0 Å². The molecule has 0 bridgehead atoms. The van der Waals surface area contributed by atoms with Gasteiger partial charge in [0.15, 0.2) is 5.12 Å². The second kappa shape index (κ2) is 3.71. The first-order valence-electron chi connectivity index (χ1n) is 3.56. The zero-order valence-corrected chi connectivity index (χ0v) is 7.35. The van der Waals surface area contributed by atoms with Crippen LogP contribution in [0.1, 0.15) is 13.3 Å². The number of esters is 1. The van der Waals surface area contributed by atoms with E-state index in [0.29, 0.717) is 11.8 Å². The maximum atomic E-state index is 11.0. The van der Waals surface area contributed by atoms with Crippen LogP contribution in [0, 0.1) is 5.92 Å². The highest BCUT2D eigenvalue weighted by Gasteiger charge is 2.38. The molecule has 0 saturated carbocycles. The predicted molar refractivity (Wildman–Crippen MR) is 42.3 cm³/mol. The highest BCUT2D eigenvalue weighted by molar-refractivity contribution is 8.26. The smallest absolute Gasteiger partial charge is 0.317 e. The first kappa shape index (κ1) is 9.25. The summed E-state index contributed by atoms with van der Waals surface area (Å²) >= 11 is 0.604. The van der Waals surface area contributed by atoms with Crippen LogP contribution in [0.2, 0.25) is 0 Å². The van der Waals surface area contributed by atoms with Gasteiger partial charge in [-0.3, -0.25) is 14.4 Å². The van der Waals surface area contributed by atoms with Crippen molar-refractivity contribution in [1.29, 1.82) is 0 Å². The molecule has 1 saturated heterocycles. The van der Waals surface area contributed by atoms with Gasteiger partial charge in [0.25, 0.3) is 0 Å². The van der Waals surface area contributed by atoms with E-state index >= 15 is 0 Å². The van der Waals surface area contributed by atoms with Gasteiger partial charge < -0.3 is 4.74 Å². The van der Waals surface area contributed by atoms with Crippen molar-refractivity contribution in [2.75, 3.05) is 6.61 Å². The second-order valence-electron chi connectivity index (χ2n) is 2.30. The number of carbonyl (C=O) groups excluding carboxylic acids is 3. The molecule has 1 aliphatic rings. The molecule has 0 spiro atoms. The van der Waals surface area contributed by atoms with Crippen molar-refractivity contribution in [3.8, 4) is 0 Å². The first-order valence-corrected chi connectivity index (χ1v) is 4.38. The Hall–Kier alpha value is -0.840. The summed E-state index contributed by atoms with van der Waals surface area (Å²) in [6.07, 6.45) is -0.0116. The van der Waals surface area contributed by atoms with Gasteiger partial charge in [-0.1, -0.05) is 0 Å². The zero-order chi connectivity index (χ0) is 9.14. The summed E-state index contributed by atoms with van der Waals surface area (Å²) in [4.78, 5) is 32.6. The van der Waals surface area contributed by atoms with Crippen LogP contribution >= 0.6 is 11.8 Å². The Balaban J connectivity index is 2.58. The van der Waals surface area contributed by atoms with Gasteiger partial charge in [0, 0.05) is 6.42 Å². The summed E-state index contributed by atoms with van der Waals surface area (Å²) in [5, 5.41) is -0.642. The molecular formula is C7H8O4S. The minimum Gasteiger partial charge on any atom is -0.465 e. The molecule has 1 unspecified atom stereocenters. The topological polar surface area (TPSA) is 60.4 Å². The predicted octanol–water partition coefficient (Wildman–Crippen LogP) is 0.356. The van der Waals surface area contributed by atoms with Crippen molar-refractivity contribution in [1.82, 2.24) is 0 Å². The largest absolute Gasteiger partial charge is 0.465 e. The van der Waals surface area contributed by atoms with Crippen molar-refractivity contribution in [2.24, 2.45) is 5.92 Å². The molecular weight excluding hydrogens is 180 g/mol. The zero-order valence-electron chi connectivity index (χ0n) is 6.53. The highest BCUT2D eigenvalue weighted by Crippen LogP contribution is 2.27. The van der Waals surface area contributed by atoms with Gasteiger partial charge in [0.05, 0.1) is 6.61 Å². The van der Waals surface area contributed by atoms with Gasteiger partial charge in [0.2, 0.25) is 5.12 Å². The van der Waals surface area contributed by atoms with Crippen LogP contribution in [0.15, 0.2) is 0 Å². The fraction of sp³-hybridized carbons (Fsp3) is 0.571. The van der Waals surface area contributed by atoms with Crippen molar-refractivity contribution >= 4 is 28.0 Å². The average Bonchev–Trinajstić information content (AvgIpc) is 2.30. The number of rotatable bonds is 2. The lowest BCUT2D eigenvalue weighted by atomic mass is 10.1. The molecule has 1 atom stereocenters. The molecule has 1 heterocycles. The van der Waals surface area contributed by atoms with Crippen LogP contribution in [0.3, 0.4) is 0 Å². The van der Waals surface area contributed by atoms with E-state index in [0.717, 1.165) is 0 Å². The van der Waals surface area contributed by atoms with E-state index in [1.165, 1.54) is 0 Å². The monoisotopic (exact) mass is 188 g/mol. The van der Waals surface area contributed by atoms with E-state index < -0.39 is 17.0 Å². The molecule has 0 aromatic rings. The maximum absolute atomic E-state index is 11.0. The Morgan fingerprint density at radius 3 is 2.75 bits per heavy atom. The van der Waals surface area contributed by atoms with Gasteiger partial charge in [-0.2, -0.15) is 0 Å². The molecule has 0 aliphatic carbocycles. The lowest BCUT2D eigenvalue weighted by molar-refractivity contribution is -0.150. The quantitative estimate of drug-likeness (QED) is 0.462. The summed E-state index contributed by atoms with van der Waals surface area (Å²) in [5.41, 5.74) is 0. The van der Waals surface area contributed by atoms with E-state index in [1.807, 2.05) is 0 Å². The molecule has 0 aromatic carbocycles. The lowest BCUT2D eigenvalue weighted by Crippen LogP contribution is -2.20. The SMILES string of the molecule is CCOC(=O)C1CC(=O)SC1=O. The molecule has 0 radical (unpaired) electrons. The number of carbonyl (C=O) groups is 3. The number of hydrogen-bond acceptors (Lipinski definition) is 5. The Bertz CT molecular complexity index is 236. The van der Waals surface area contributed by atoms with Gasteiger partial charge >= 0.3 is 5.97 Å². The highest BCUT2D eigenvalue weighted by atomic mass is 32.2. The van der Waals surface area contributed by atoms with Crippen LogP contribution < -0.4 is 0 Å². The Morgan fingerprint density at radius 2 is 2.33 bits per heavy atom. The van der Waals surface area contributed by atoms with Crippen LogP contribution in [0.25, 0.3) is 0 Å². The molecule has 1 aliphatic heterocycles. The van der Waals surface area contributed by atoms with E-state index in [-0.39, 0.29) is 18.1 Å². The van der Waals surface area contributed by atoms with E-state index in [4.69, 9.17) is 0 Å². The summed E-state index contributed by atoms with van der Waals surface area (Å²) in [6, 6.07) is 0. The number of hydrogen-bond donors (Lipinski definition) is 0. The van der Waals surface area contributed by atoms with Crippen molar-refractivity contribution in [3.63, 3.8) is 0 Å². The molecule has 5 heteroatoms. The van der Waals surface area contributed by atoms with Crippen molar-refractivity contribution in [2.45, 2.75) is 13.3 Å². The molecule has 1 rings (SSSR count). The number of ether oxygens (including phenoxy) is 1. The van der Waals surface area contributed by atoms with Crippen LogP contribution in [0.4, 0.5) is 0 Å². The minimum absolute atomic E-state index is 0.0116. The van der Waals surface area contributed by atoms with Crippen molar-refractivity contribution < 1.29 is 19.1 Å². The molecule has 4 nitrogen and oxygen atoms in total. The Labute approximate surface area is 73.6 Å². The fourth-order valence-corrected chi connectivity index (χ4v) is 1.69. The summed E-state index contributed by atoms with van der Waals surface area (Å²) in [6.45, 7) is 1.90. The summed E-state index contributed by atoms with van der Waals surface area (Å²) in [5.74, 6) is -1.44. The Kier molecular flexibility index (Phi) is 2.86. The molecule has 66 valence electrons. The molecule has 0 N–H and O–H groups in total. The van der Waals surface area contributed by atoms with Crippen LogP contribution in [0.5, 0.6) is 0 Å². The third-order valence-electron chi connectivity index (χ3n) is 1.44. The third-order valence-corrected chi connectivity index (χ3v) is 2.32. The first-order chi connectivity index (χ1) is 5.65. The Morgan fingerprint density at radius 1 is 1.67 bits per heavy atom. The van der Waals surface area contributed by atoms with Crippen LogP contribution in [-0.4, -0.2) is 22.8 Å². The lowest BCUT2D eigenvalue weighted by Gasteiger charge is -2.03. The minimum atomic E-state index is -0.859. The van der Waals surface area contributed by atoms with Gasteiger partial charge in [-0.25, -0.2) is 0 Å². The molecule has 1 fully saturated rings. The second-order valence-corrected chi connectivity index (χ2v) is 3.36. The summed E-state index contributed by atoms with van der Waals surface area (Å²) in [7, 11) is 0. The standard InChI is InChI=1S/C7H8O4S/c1-2-11-6(9)4-3-5(8)12-7(4)10/h4H,2-3H2,1H3. The third kappa shape index (κ3) is 1.85. The summed E-state index contributed by atoms with van der Waals surface area (Å²) < 4.78 is 4.62. The van der Waals surface area contributed by atoms with Gasteiger partial charge in [-0.05, 0) is 18.7 Å². The van der Waals surface area contributed by atoms with Crippen LogP contribution in [-0.2, 0) is 19.1 Å². The fourth-order valence-electron chi connectivity index (χ4n) is 0.897. The van der Waals surface area contributed by atoms with Gasteiger partial charge in [0.1, 0.15) is 5.92 Å². The molecule has 0 amide bonds. The molecule has 12 heavy (non-hydrogen) atoms. The van der Waals surface area contributed by atoms with E-state index in [2.05, 4.69) is 4.74 Å². The van der Waals surface area contributed by atoms with Crippen molar-refractivity contribution in [3.05, 3.63) is 0 Å². The molecule has 0 aromatic heterocycles. The average molecular weight is 188 g/mol. The van der Waals surface area contributed by atoms with E-state index in [1.54, 1.807) is 6.92 Å². The normalized spacial score (nSPS) is 22.9. The van der Waals surface area contributed by atoms with E-state index in [9.17, 15) is 14.4 Å². The maximum Gasteiger partial charge on any atom is 0.317 e.